The first-order valence-corrected chi connectivity index (χ1v) is 10.3. The van der Waals surface area contributed by atoms with Crippen molar-refractivity contribution in [1.82, 2.24) is 14.9 Å². The van der Waals surface area contributed by atoms with Crippen LogP contribution in [0.5, 0.6) is 0 Å². The van der Waals surface area contributed by atoms with Crippen molar-refractivity contribution in [2.24, 2.45) is 0 Å². The maximum absolute atomic E-state index is 12.1. The summed E-state index contributed by atoms with van der Waals surface area (Å²) in [7, 11) is 3.98. The molecule has 1 aromatic heterocycles. The number of hydrogen-bond donors (Lipinski definition) is 0. The fourth-order valence-corrected chi connectivity index (χ4v) is 5.49. The highest BCUT2D eigenvalue weighted by molar-refractivity contribution is 8.01. The van der Waals surface area contributed by atoms with E-state index in [0.29, 0.717) is 0 Å². The molecule has 3 aliphatic heterocycles. The number of thioether (sulfide) groups is 1. The van der Waals surface area contributed by atoms with Gasteiger partial charge in [0.1, 0.15) is 24.6 Å². The van der Waals surface area contributed by atoms with E-state index < -0.39 is 0 Å². The van der Waals surface area contributed by atoms with Gasteiger partial charge in [0.05, 0.1) is 10.9 Å². The number of carbonyl (C=O) groups is 1. The van der Waals surface area contributed by atoms with Gasteiger partial charge in [0.2, 0.25) is 5.91 Å². The standard InChI is InChI=1S/C18H27N5O2S/c1-21(2)15-7-16(20-13-19-15)23-11-18(12-23)8-14(10-26-18)25-9-17(24)22-5-3-4-6-22/h7,13-14H,3-6,8-12H2,1-2H3/t14-/m1/s1. The van der Waals surface area contributed by atoms with Crippen LogP contribution in [-0.2, 0) is 9.53 Å². The number of nitrogens with zero attached hydrogens (tertiary/aromatic N) is 5. The summed E-state index contributed by atoms with van der Waals surface area (Å²) < 4.78 is 6.19. The Labute approximate surface area is 159 Å². The lowest BCUT2D eigenvalue weighted by atomic mass is 9.93. The predicted octanol–water partition coefficient (Wildman–Crippen LogP) is 1.25. The maximum atomic E-state index is 12.1. The molecule has 4 rings (SSSR count). The molecule has 3 saturated heterocycles. The van der Waals surface area contributed by atoms with Gasteiger partial charge in [0, 0.05) is 52.1 Å². The normalized spacial score (nSPS) is 24.2. The third-order valence-electron chi connectivity index (χ3n) is 5.45. The molecule has 0 aromatic carbocycles. The first-order valence-electron chi connectivity index (χ1n) is 9.32. The molecule has 1 atom stereocenters. The molecule has 1 spiro atoms. The Hall–Kier alpha value is -1.54. The summed E-state index contributed by atoms with van der Waals surface area (Å²) in [6, 6.07) is 2.04. The largest absolute Gasteiger partial charge is 0.367 e. The van der Waals surface area contributed by atoms with E-state index in [4.69, 9.17) is 4.74 Å². The molecule has 0 bridgehead atoms. The molecular formula is C18H27N5O2S. The van der Waals surface area contributed by atoms with E-state index in [2.05, 4.69) is 14.9 Å². The minimum Gasteiger partial charge on any atom is -0.367 e. The summed E-state index contributed by atoms with van der Waals surface area (Å²) in [5.41, 5.74) is 0. The van der Waals surface area contributed by atoms with Gasteiger partial charge in [-0.1, -0.05) is 0 Å². The van der Waals surface area contributed by atoms with Crippen LogP contribution in [0.15, 0.2) is 12.4 Å². The van der Waals surface area contributed by atoms with Gasteiger partial charge in [-0.2, -0.15) is 0 Å². The third-order valence-corrected chi connectivity index (χ3v) is 7.03. The SMILES string of the molecule is CN(C)c1cc(N2CC3(C[C@@H](OCC(=O)N4CCCC4)CS3)C2)ncn1. The first-order chi connectivity index (χ1) is 12.5. The molecule has 0 saturated carbocycles. The molecule has 0 aliphatic carbocycles. The zero-order valence-electron chi connectivity index (χ0n) is 15.6. The van der Waals surface area contributed by atoms with Crippen molar-refractivity contribution in [3.05, 3.63) is 12.4 Å². The van der Waals surface area contributed by atoms with E-state index >= 15 is 0 Å². The fourth-order valence-electron chi connectivity index (χ4n) is 3.94. The smallest absolute Gasteiger partial charge is 0.248 e. The lowest BCUT2D eigenvalue weighted by molar-refractivity contribution is -0.136. The fraction of sp³-hybridized carbons (Fsp3) is 0.722. The highest BCUT2D eigenvalue weighted by Gasteiger charge is 2.50. The number of anilines is 2. The molecule has 3 fully saturated rings. The predicted molar refractivity (Wildman–Crippen MR) is 104 cm³/mol. The van der Waals surface area contributed by atoms with E-state index in [1.807, 2.05) is 41.7 Å². The quantitative estimate of drug-likeness (QED) is 0.765. The van der Waals surface area contributed by atoms with Crippen molar-refractivity contribution in [1.29, 1.82) is 0 Å². The van der Waals surface area contributed by atoms with Crippen molar-refractivity contribution >= 4 is 29.3 Å². The lowest BCUT2D eigenvalue weighted by Gasteiger charge is -2.48. The minimum absolute atomic E-state index is 0.154. The molecule has 4 heterocycles. The van der Waals surface area contributed by atoms with E-state index in [1.54, 1.807) is 6.33 Å². The van der Waals surface area contributed by atoms with Crippen LogP contribution in [0, 0.1) is 0 Å². The van der Waals surface area contributed by atoms with Crippen molar-refractivity contribution in [2.75, 3.05) is 62.4 Å². The van der Waals surface area contributed by atoms with Gasteiger partial charge >= 0.3 is 0 Å². The van der Waals surface area contributed by atoms with Crippen LogP contribution in [-0.4, -0.2) is 84.3 Å². The number of aromatic nitrogens is 2. The number of amides is 1. The van der Waals surface area contributed by atoms with E-state index in [-0.39, 0.29) is 23.4 Å². The summed E-state index contributed by atoms with van der Waals surface area (Å²) >= 11 is 1.99. The Kier molecular flexibility index (Phi) is 4.96. The van der Waals surface area contributed by atoms with Crippen LogP contribution < -0.4 is 9.80 Å². The van der Waals surface area contributed by atoms with Crippen LogP contribution in [0.2, 0.25) is 0 Å². The second-order valence-electron chi connectivity index (χ2n) is 7.70. The molecule has 7 nitrogen and oxygen atoms in total. The number of likely N-dealkylation sites (tertiary alicyclic amines) is 1. The second kappa shape index (κ2) is 7.23. The Balaban J connectivity index is 1.26. The van der Waals surface area contributed by atoms with Crippen molar-refractivity contribution in [3.8, 4) is 0 Å². The zero-order valence-corrected chi connectivity index (χ0v) is 16.4. The maximum Gasteiger partial charge on any atom is 0.248 e. The molecule has 0 unspecified atom stereocenters. The number of hydrogen-bond acceptors (Lipinski definition) is 7. The molecule has 0 radical (unpaired) electrons. The average Bonchev–Trinajstić information content (AvgIpc) is 3.28. The van der Waals surface area contributed by atoms with Crippen molar-refractivity contribution in [3.63, 3.8) is 0 Å². The topological polar surface area (TPSA) is 61.8 Å². The molecule has 3 aliphatic rings. The number of carbonyl (C=O) groups excluding carboxylic acids is 1. The summed E-state index contributed by atoms with van der Waals surface area (Å²) in [4.78, 5) is 27.1. The van der Waals surface area contributed by atoms with E-state index in [1.165, 1.54) is 0 Å². The monoisotopic (exact) mass is 377 g/mol. The van der Waals surface area contributed by atoms with E-state index in [0.717, 1.165) is 62.8 Å². The molecule has 1 aromatic rings. The molecule has 26 heavy (non-hydrogen) atoms. The van der Waals surface area contributed by atoms with Crippen molar-refractivity contribution in [2.45, 2.75) is 30.1 Å². The summed E-state index contributed by atoms with van der Waals surface area (Å²) in [5.74, 6) is 3.05. The first kappa shape index (κ1) is 17.9. The molecule has 0 N–H and O–H groups in total. The van der Waals surface area contributed by atoms with Crippen LogP contribution in [0.4, 0.5) is 11.6 Å². The molecular weight excluding hydrogens is 350 g/mol. The van der Waals surface area contributed by atoms with E-state index in [9.17, 15) is 4.79 Å². The van der Waals surface area contributed by atoms with Gasteiger partial charge < -0.3 is 19.4 Å². The van der Waals surface area contributed by atoms with Crippen LogP contribution in [0.3, 0.4) is 0 Å². The van der Waals surface area contributed by atoms with Gasteiger partial charge in [0.25, 0.3) is 0 Å². The molecule has 1 amide bonds. The molecule has 8 heteroatoms. The van der Waals surface area contributed by atoms with Gasteiger partial charge in [-0.15, -0.1) is 11.8 Å². The highest BCUT2D eigenvalue weighted by atomic mass is 32.2. The summed E-state index contributed by atoms with van der Waals surface area (Å²) in [6.45, 7) is 4.01. The average molecular weight is 378 g/mol. The highest BCUT2D eigenvalue weighted by Crippen LogP contribution is 2.47. The number of ether oxygens (including phenoxy) is 1. The van der Waals surface area contributed by atoms with Gasteiger partial charge in [-0.05, 0) is 19.3 Å². The van der Waals surface area contributed by atoms with Crippen LogP contribution in [0.25, 0.3) is 0 Å². The Morgan fingerprint density at radius 2 is 2.12 bits per heavy atom. The Bertz CT molecular complexity index is 659. The van der Waals surface area contributed by atoms with Crippen molar-refractivity contribution < 1.29 is 9.53 Å². The summed E-state index contributed by atoms with van der Waals surface area (Å²) in [5, 5.41) is 0. The van der Waals surface area contributed by atoms with Gasteiger partial charge in [-0.3, -0.25) is 4.79 Å². The van der Waals surface area contributed by atoms with Gasteiger partial charge in [0.15, 0.2) is 0 Å². The lowest BCUT2D eigenvalue weighted by Crippen LogP contribution is -2.59. The molecule has 142 valence electrons. The van der Waals surface area contributed by atoms with Crippen LogP contribution >= 0.6 is 11.8 Å². The Morgan fingerprint density at radius 1 is 1.35 bits per heavy atom. The summed E-state index contributed by atoms with van der Waals surface area (Å²) in [6.07, 6.45) is 5.10. The number of rotatable bonds is 5. The van der Waals surface area contributed by atoms with Gasteiger partial charge in [-0.25, -0.2) is 9.97 Å². The van der Waals surface area contributed by atoms with Crippen LogP contribution in [0.1, 0.15) is 19.3 Å². The minimum atomic E-state index is 0.154. The second-order valence-corrected chi connectivity index (χ2v) is 9.19. The Morgan fingerprint density at radius 3 is 2.85 bits per heavy atom. The third kappa shape index (κ3) is 3.62. The zero-order chi connectivity index (χ0) is 18.1.